The second-order valence-electron chi connectivity index (χ2n) is 5.27. The van der Waals surface area contributed by atoms with Gasteiger partial charge in [-0.05, 0) is 36.9 Å². The Kier molecular flexibility index (Phi) is 4.00. The lowest BCUT2D eigenvalue weighted by atomic mass is 9.95. The van der Waals surface area contributed by atoms with E-state index in [1.807, 2.05) is 19.4 Å². The lowest BCUT2D eigenvalue weighted by Gasteiger charge is -2.22. The minimum atomic E-state index is 0.782. The molecule has 0 spiro atoms. The van der Waals surface area contributed by atoms with Gasteiger partial charge in [0.1, 0.15) is 0 Å². The van der Waals surface area contributed by atoms with Crippen molar-refractivity contribution in [3.63, 3.8) is 0 Å². The van der Waals surface area contributed by atoms with Crippen molar-refractivity contribution in [2.75, 3.05) is 25.0 Å². The van der Waals surface area contributed by atoms with E-state index in [-0.39, 0.29) is 0 Å². The summed E-state index contributed by atoms with van der Waals surface area (Å²) >= 11 is 0. The summed E-state index contributed by atoms with van der Waals surface area (Å²) < 4.78 is 0. The van der Waals surface area contributed by atoms with Crippen molar-refractivity contribution in [2.24, 2.45) is 11.8 Å². The molecule has 17 heavy (non-hydrogen) atoms. The summed E-state index contributed by atoms with van der Waals surface area (Å²) in [5.74, 6) is 1.61. The van der Waals surface area contributed by atoms with E-state index in [1.165, 1.54) is 30.8 Å². The minimum absolute atomic E-state index is 0.782. The largest absolute Gasteiger partial charge is 0.370 e. The van der Waals surface area contributed by atoms with Gasteiger partial charge in [0.05, 0.1) is 11.9 Å². The fourth-order valence-electron chi connectivity index (χ4n) is 2.59. The maximum Gasteiger partial charge on any atom is 0.0598 e. The zero-order valence-electron chi connectivity index (χ0n) is 11.1. The standard InChI is InChI=1S/C14H23N3/c1-11(2)13-5-7-17(10-13)14-9-16-6-4-12(14)8-15-3/h4,6,9,11,13,15H,5,7-8,10H2,1-3H3. The molecule has 3 heteroatoms. The van der Waals surface area contributed by atoms with Crippen LogP contribution in [0.2, 0.25) is 0 Å². The summed E-state index contributed by atoms with van der Waals surface area (Å²) in [4.78, 5) is 6.76. The molecule has 0 aromatic carbocycles. The molecule has 1 fully saturated rings. The van der Waals surface area contributed by atoms with E-state index in [4.69, 9.17) is 0 Å². The van der Waals surface area contributed by atoms with Crippen LogP contribution in [0.15, 0.2) is 18.5 Å². The third kappa shape index (κ3) is 2.78. The monoisotopic (exact) mass is 233 g/mol. The zero-order chi connectivity index (χ0) is 12.3. The first-order valence-corrected chi connectivity index (χ1v) is 6.54. The lowest BCUT2D eigenvalue weighted by Crippen LogP contribution is -2.23. The van der Waals surface area contributed by atoms with Crippen molar-refractivity contribution in [2.45, 2.75) is 26.8 Å². The normalized spacial score (nSPS) is 20.2. The summed E-state index contributed by atoms with van der Waals surface area (Å²) in [5, 5.41) is 3.23. The summed E-state index contributed by atoms with van der Waals surface area (Å²) in [6.07, 6.45) is 5.20. The molecule has 1 unspecified atom stereocenters. The molecule has 0 aliphatic carbocycles. The van der Waals surface area contributed by atoms with E-state index in [1.54, 1.807) is 0 Å². The Balaban J connectivity index is 2.12. The highest BCUT2D eigenvalue weighted by Crippen LogP contribution is 2.29. The van der Waals surface area contributed by atoms with Gasteiger partial charge in [0, 0.05) is 25.8 Å². The number of aromatic nitrogens is 1. The van der Waals surface area contributed by atoms with Crippen LogP contribution in [-0.4, -0.2) is 25.1 Å². The smallest absolute Gasteiger partial charge is 0.0598 e. The molecule has 2 heterocycles. The number of nitrogens with one attached hydrogen (secondary N) is 1. The Labute approximate surface area is 104 Å². The van der Waals surface area contributed by atoms with Crippen LogP contribution in [-0.2, 0) is 6.54 Å². The Bertz CT molecular complexity index is 362. The van der Waals surface area contributed by atoms with Gasteiger partial charge in [-0.1, -0.05) is 13.8 Å². The summed E-state index contributed by atoms with van der Waals surface area (Å²) in [6, 6.07) is 2.12. The molecule has 1 aliphatic heterocycles. The van der Waals surface area contributed by atoms with E-state index in [2.05, 4.69) is 35.1 Å². The SMILES string of the molecule is CNCc1ccncc1N1CCC(C(C)C)C1. The van der Waals surface area contributed by atoms with Crippen molar-refractivity contribution >= 4 is 5.69 Å². The Morgan fingerprint density at radius 1 is 1.53 bits per heavy atom. The molecule has 1 aromatic heterocycles. The molecular formula is C14H23N3. The highest BCUT2D eigenvalue weighted by molar-refractivity contribution is 5.52. The van der Waals surface area contributed by atoms with Crippen LogP contribution >= 0.6 is 0 Å². The van der Waals surface area contributed by atoms with Gasteiger partial charge in [-0.25, -0.2) is 0 Å². The van der Waals surface area contributed by atoms with E-state index in [0.717, 1.165) is 18.4 Å². The molecule has 1 aromatic rings. The molecule has 0 radical (unpaired) electrons. The molecule has 1 saturated heterocycles. The van der Waals surface area contributed by atoms with E-state index >= 15 is 0 Å². The van der Waals surface area contributed by atoms with Gasteiger partial charge in [0.25, 0.3) is 0 Å². The molecule has 1 atom stereocenters. The number of anilines is 1. The fraction of sp³-hybridized carbons (Fsp3) is 0.643. The average molecular weight is 233 g/mol. The van der Waals surface area contributed by atoms with Gasteiger partial charge in [-0.15, -0.1) is 0 Å². The second kappa shape index (κ2) is 5.50. The highest BCUT2D eigenvalue weighted by atomic mass is 15.2. The maximum atomic E-state index is 4.27. The van der Waals surface area contributed by atoms with Crippen LogP contribution < -0.4 is 10.2 Å². The minimum Gasteiger partial charge on any atom is -0.370 e. The predicted molar refractivity (Wildman–Crippen MR) is 72.2 cm³/mol. The lowest BCUT2D eigenvalue weighted by molar-refractivity contribution is 0.422. The first-order valence-electron chi connectivity index (χ1n) is 6.54. The van der Waals surface area contributed by atoms with Crippen LogP contribution in [0.1, 0.15) is 25.8 Å². The third-order valence-electron chi connectivity index (χ3n) is 3.76. The number of hydrogen-bond donors (Lipinski definition) is 1. The molecular weight excluding hydrogens is 210 g/mol. The highest BCUT2D eigenvalue weighted by Gasteiger charge is 2.26. The van der Waals surface area contributed by atoms with E-state index in [9.17, 15) is 0 Å². The van der Waals surface area contributed by atoms with Gasteiger partial charge >= 0.3 is 0 Å². The van der Waals surface area contributed by atoms with Crippen molar-refractivity contribution in [1.82, 2.24) is 10.3 Å². The average Bonchev–Trinajstić information content (AvgIpc) is 2.79. The van der Waals surface area contributed by atoms with Crippen LogP contribution in [0, 0.1) is 11.8 Å². The van der Waals surface area contributed by atoms with Crippen LogP contribution in [0.3, 0.4) is 0 Å². The molecule has 3 nitrogen and oxygen atoms in total. The van der Waals surface area contributed by atoms with E-state index in [0.29, 0.717) is 0 Å². The number of nitrogens with zero attached hydrogens (tertiary/aromatic N) is 2. The maximum absolute atomic E-state index is 4.27. The van der Waals surface area contributed by atoms with Crippen LogP contribution in [0.4, 0.5) is 5.69 Å². The van der Waals surface area contributed by atoms with Crippen molar-refractivity contribution in [3.8, 4) is 0 Å². The summed E-state index contributed by atoms with van der Waals surface area (Å²) in [5.41, 5.74) is 2.66. The first-order chi connectivity index (χ1) is 8.22. The molecule has 1 N–H and O–H groups in total. The second-order valence-corrected chi connectivity index (χ2v) is 5.27. The first kappa shape index (κ1) is 12.4. The molecule has 0 amide bonds. The Morgan fingerprint density at radius 2 is 2.35 bits per heavy atom. The molecule has 2 rings (SSSR count). The van der Waals surface area contributed by atoms with Gasteiger partial charge in [-0.2, -0.15) is 0 Å². The molecule has 94 valence electrons. The van der Waals surface area contributed by atoms with Crippen LogP contribution in [0.25, 0.3) is 0 Å². The fourth-order valence-corrected chi connectivity index (χ4v) is 2.59. The number of rotatable bonds is 4. The van der Waals surface area contributed by atoms with Gasteiger partial charge in [0.2, 0.25) is 0 Å². The topological polar surface area (TPSA) is 28.2 Å². The molecule has 0 saturated carbocycles. The van der Waals surface area contributed by atoms with Gasteiger partial charge in [-0.3, -0.25) is 4.98 Å². The zero-order valence-corrected chi connectivity index (χ0v) is 11.1. The summed E-state index contributed by atoms with van der Waals surface area (Å²) in [7, 11) is 1.99. The van der Waals surface area contributed by atoms with Gasteiger partial charge < -0.3 is 10.2 Å². The number of hydrogen-bond acceptors (Lipinski definition) is 3. The van der Waals surface area contributed by atoms with E-state index < -0.39 is 0 Å². The summed E-state index contributed by atoms with van der Waals surface area (Å²) in [6.45, 7) is 7.92. The Morgan fingerprint density at radius 3 is 3.00 bits per heavy atom. The van der Waals surface area contributed by atoms with Crippen molar-refractivity contribution in [3.05, 3.63) is 24.0 Å². The quantitative estimate of drug-likeness (QED) is 0.865. The number of pyridine rings is 1. The van der Waals surface area contributed by atoms with Crippen molar-refractivity contribution < 1.29 is 0 Å². The van der Waals surface area contributed by atoms with Crippen molar-refractivity contribution in [1.29, 1.82) is 0 Å². The molecule has 1 aliphatic rings. The third-order valence-corrected chi connectivity index (χ3v) is 3.76. The van der Waals surface area contributed by atoms with Gasteiger partial charge in [0.15, 0.2) is 0 Å². The Hall–Kier alpha value is -1.09. The molecule has 0 bridgehead atoms. The van der Waals surface area contributed by atoms with Crippen LogP contribution in [0.5, 0.6) is 0 Å². The predicted octanol–water partition coefficient (Wildman–Crippen LogP) is 2.28.